The summed E-state index contributed by atoms with van der Waals surface area (Å²) in [6.07, 6.45) is -4.69. The zero-order valence-corrected chi connectivity index (χ0v) is 12.5. The predicted octanol–water partition coefficient (Wildman–Crippen LogP) is 3.28. The van der Waals surface area contributed by atoms with Crippen molar-refractivity contribution in [2.45, 2.75) is 25.2 Å². The maximum atomic E-state index is 13.4. The smallest absolute Gasteiger partial charge is 0.329 e. The van der Waals surface area contributed by atoms with E-state index in [0.29, 0.717) is 5.56 Å². The van der Waals surface area contributed by atoms with Crippen LogP contribution in [0.3, 0.4) is 0 Å². The van der Waals surface area contributed by atoms with Crippen molar-refractivity contribution in [3.8, 4) is 0 Å². The first-order valence-electron chi connectivity index (χ1n) is 6.74. The molecule has 0 aromatic heterocycles. The number of nitrogens with zero attached hydrogens (tertiary/aromatic N) is 1. The van der Waals surface area contributed by atoms with Gasteiger partial charge in [0, 0.05) is 36.7 Å². The summed E-state index contributed by atoms with van der Waals surface area (Å²) in [7, 11) is 0. The van der Waals surface area contributed by atoms with Gasteiger partial charge in [-0.2, -0.15) is 24.9 Å². The van der Waals surface area contributed by atoms with Crippen molar-refractivity contribution in [3.63, 3.8) is 0 Å². The molecule has 0 saturated carbocycles. The highest BCUT2D eigenvalue weighted by Gasteiger charge is 2.35. The van der Waals surface area contributed by atoms with E-state index < -0.39 is 17.6 Å². The summed E-state index contributed by atoms with van der Waals surface area (Å²) in [6, 6.07) is 3.08. The van der Waals surface area contributed by atoms with Gasteiger partial charge in [0.15, 0.2) is 0 Å². The van der Waals surface area contributed by atoms with Crippen LogP contribution in [0.2, 0.25) is 0 Å². The third-order valence-electron chi connectivity index (χ3n) is 3.72. The minimum Gasteiger partial charge on any atom is -0.329 e. The lowest BCUT2D eigenvalue weighted by atomic mass is 10.0. The molecular weight excluding hydrogens is 304 g/mol. The van der Waals surface area contributed by atoms with Crippen LogP contribution in [0.5, 0.6) is 0 Å². The number of thioether (sulfide) groups is 1. The lowest BCUT2D eigenvalue weighted by Gasteiger charge is -2.39. The van der Waals surface area contributed by atoms with Gasteiger partial charge < -0.3 is 5.73 Å². The molecule has 0 radical (unpaired) electrons. The number of alkyl halides is 3. The topological polar surface area (TPSA) is 29.3 Å². The molecule has 0 amide bonds. The van der Waals surface area contributed by atoms with Gasteiger partial charge in [-0.05, 0) is 24.6 Å². The Bertz CT molecular complexity index is 492. The van der Waals surface area contributed by atoms with Gasteiger partial charge in [0.05, 0.1) is 5.56 Å². The summed E-state index contributed by atoms with van der Waals surface area (Å²) < 4.78 is 51.9. The predicted molar refractivity (Wildman–Crippen MR) is 76.7 cm³/mol. The zero-order chi connectivity index (χ0) is 15.6. The Morgan fingerprint density at radius 3 is 2.71 bits per heavy atom. The molecule has 7 heteroatoms. The fourth-order valence-electron chi connectivity index (χ4n) is 2.63. The fourth-order valence-corrected chi connectivity index (χ4v) is 3.67. The summed E-state index contributed by atoms with van der Waals surface area (Å²) in [6.45, 7) is 3.01. The van der Waals surface area contributed by atoms with Gasteiger partial charge in [0.2, 0.25) is 0 Å². The molecule has 2 N–H and O–H groups in total. The van der Waals surface area contributed by atoms with Gasteiger partial charge in [-0.3, -0.25) is 4.90 Å². The Morgan fingerprint density at radius 1 is 1.43 bits per heavy atom. The summed E-state index contributed by atoms with van der Waals surface area (Å²) in [5.41, 5.74) is 4.97. The molecule has 0 aliphatic carbocycles. The van der Waals surface area contributed by atoms with Crippen molar-refractivity contribution in [2.24, 2.45) is 5.73 Å². The third kappa shape index (κ3) is 3.70. The van der Waals surface area contributed by atoms with Crippen LogP contribution in [0, 0.1) is 5.82 Å². The molecule has 1 aliphatic rings. The molecule has 1 aromatic carbocycles. The number of rotatable bonds is 3. The Morgan fingerprint density at radius 2 is 2.14 bits per heavy atom. The molecule has 118 valence electrons. The number of benzene rings is 1. The van der Waals surface area contributed by atoms with E-state index in [1.807, 2.05) is 18.7 Å². The molecular formula is C14H18F4N2S. The van der Waals surface area contributed by atoms with E-state index >= 15 is 0 Å². The first kappa shape index (κ1) is 16.6. The van der Waals surface area contributed by atoms with Crippen molar-refractivity contribution < 1.29 is 17.6 Å². The highest BCUT2D eigenvalue weighted by molar-refractivity contribution is 7.99. The average molecular weight is 322 g/mol. The van der Waals surface area contributed by atoms with Crippen molar-refractivity contribution >= 4 is 11.8 Å². The molecule has 1 heterocycles. The lowest BCUT2D eigenvalue weighted by Crippen LogP contribution is -2.45. The van der Waals surface area contributed by atoms with Crippen LogP contribution in [0.1, 0.15) is 24.1 Å². The summed E-state index contributed by atoms with van der Waals surface area (Å²) in [4.78, 5) is 2.10. The highest BCUT2D eigenvalue weighted by atomic mass is 32.2. The van der Waals surface area contributed by atoms with Crippen molar-refractivity contribution in [3.05, 3.63) is 35.1 Å². The lowest BCUT2D eigenvalue weighted by molar-refractivity contribution is -0.140. The van der Waals surface area contributed by atoms with Crippen LogP contribution in [0.4, 0.5) is 17.6 Å². The minimum absolute atomic E-state index is 0.206. The van der Waals surface area contributed by atoms with Crippen LogP contribution in [-0.2, 0) is 6.18 Å². The van der Waals surface area contributed by atoms with E-state index in [9.17, 15) is 17.6 Å². The number of nitrogens with two attached hydrogens (primary N) is 1. The van der Waals surface area contributed by atoms with Crippen LogP contribution in [-0.4, -0.2) is 35.5 Å². The molecule has 0 spiro atoms. The molecule has 0 bridgehead atoms. The van der Waals surface area contributed by atoms with E-state index in [-0.39, 0.29) is 18.6 Å². The highest BCUT2D eigenvalue weighted by Crippen LogP contribution is 2.35. The van der Waals surface area contributed by atoms with Crippen LogP contribution < -0.4 is 5.73 Å². The van der Waals surface area contributed by atoms with Crippen LogP contribution in [0.15, 0.2) is 18.2 Å². The molecule has 1 fully saturated rings. The van der Waals surface area contributed by atoms with Crippen molar-refractivity contribution in [2.75, 3.05) is 24.6 Å². The van der Waals surface area contributed by atoms with E-state index in [0.717, 1.165) is 30.2 Å². The summed E-state index contributed by atoms with van der Waals surface area (Å²) in [5.74, 6) is 0.599. The second-order valence-electron chi connectivity index (χ2n) is 5.15. The largest absolute Gasteiger partial charge is 0.419 e. The Balaban J connectivity index is 2.34. The SMILES string of the molecule is CC1CSCCN1C(CN)c1ccc(F)c(C(F)(F)F)c1. The van der Waals surface area contributed by atoms with Gasteiger partial charge in [0.25, 0.3) is 0 Å². The second-order valence-corrected chi connectivity index (χ2v) is 6.30. The normalized spacial score (nSPS) is 22.3. The Hall–Kier alpha value is -0.790. The van der Waals surface area contributed by atoms with Gasteiger partial charge >= 0.3 is 6.18 Å². The van der Waals surface area contributed by atoms with E-state index in [1.165, 1.54) is 6.07 Å². The van der Waals surface area contributed by atoms with Gasteiger partial charge in [0.1, 0.15) is 5.82 Å². The summed E-state index contributed by atoms with van der Waals surface area (Å²) in [5, 5.41) is 0. The van der Waals surface area contributed by atoms with E-state index in [4.69, 9.17) is 5.73 Å². The Kier molecular flexibility index (Phi) is 5.16. The fraction of sp³-hybridized carbons (Fsp3) is 0.571. The maximum Gasteiger partial charge on any atom is 0.419 e. The molecule has 1 saturated heterocycles. The molecule has 2 unspecified atom stereocenters. The first-order chi connectivity index (χ1) is 9.84. The molecule has 1 aliphatic heterocycles. The third-order valence-corrected chi connectivity index (χ3v) is 4.91. The monoisotopic (exact) mass is 322 g/mol. The maximum absolute atomic E-state index is 13.4. The molecule has 2 rings (SSSR count). The van der Waals surface area contributed by atoms with Crippen molar-refractivity contribution in [1.82, 2.24) is 4.90 Å². The molecule has 2 atom stereocenters. The standard InChI is InChI=1S/C14H18F4N2S/c1-9-8-21-5-4-20(9)13(7-19)10-2-3-12(15)11(6-10)14(16,17)18/h2-3,6,9,13H,4-5,7-8,19H2,1H3. The number of hydrogen-bond donors (Lipinski definition) is 1. The zero-order valence-electron chi connectivity index (χ0n) is 11.7. The van der Waals surface area contributed by atoms with E-state index in [1.54, 1.807) is 0 Å². The minimum atomic E-state index is -4.69. The molecule has 21 heavy (non-hydrogen) atoms. The van der Waals surface area contributed by atoms with Crippen LogP contribution in [0.25, 0.3) is 0 Å². The molecule has 2 nitrogen and oxygen atoms in total. The average Bonchev–Trinajstić information content (AvgIpc) is 2.42. The van der Waals surface area contributed by atoms with Crippen LogP contribution >= 0.6 is 11.8 Å². The Labute approximate surface area is 125 Å². The van der Waals surface area contributed by atoms with Crippen molar-refractivity contribution in [1.29, 1.82) is 0 Å². The quantitative estimate of drug-likeness (QED) is 0.866. The summed E-state index contributed by atoms with van der Waals surface area (Å²) >= 11 is 1.82. The van der Waals surface area contributed by atoms with E-state index in [2.05, 4.69) is 4.90 Å². The van der Waals surface area contributed by atoms with Gasteiger partial charge in [-0.25, -0.2) is 4.39 Å². The molecule has 1 aromatic rings. The number of hydrogen-bond acceptors (Lipinski definition) is 3. The number of halogens is 4. The second kappa shape index (κ2) is 6.54. The van der Waals surface area contributed by atoms with Gasteiger partial charge in [-0.1, -0.05) is 6.07 Å². The first-order valence-corrected chi connectivity index (χ1v) is 7.90. The van der Waals surface area contributed by atoms with Gasteiger partial charge in [-0.15, -0.1) is 0 Å².